The van der Waals surface area contributed by atoms with Crippen molar-refractivity contribution in [3.8, 4) is 17.2 Å². The van der Waals surface area contributed by atoms with Crippen LogP contribution in [0.3, 0.4) is 0 Å². The van der Waals surface area contributed by atoms with E-state index in [1.165, 1.54) is 6.07 Å². The molecule has 0 aliphatic carbocycles. The van der Waals surface area contributed by atoms with Crippen LogP contribution in [0.2, 0.25) is 0 Å². The highest BCUT2D eigenvalue weighted by atomic mass is 32.2. The van der Waals surface area contributed by atoms with Crippen molar-refractivity contribution in [1.29, 1.82) is 0 Å². The largest absolute Gasteiger partial charge is 0.457 e. The lowest BCUT2D eigenvalue weighted by atomic mass is 10.1. The van der Waals surface area contributed by atoms with Crippen molar-refractivity contribution in [2.24, 2.45) is 5.14 Å². The third-order valence-electron chi connectivity index (χ3n) is 4.29. The van der Waals surface area contributed by atoms with Crippen LogP contribution in [0.25, 0.3) is 5.69 Å². The molecule has 0 atom stereocenters. The fourth-order valence-corrected chi connectivity index (χ4v) is 3.75. The lowest BCUT2D eigenvalue weighted by molar-refractivity contribution is 0.471. The van der Waals surface area contributed by atoms with Gasteiger partial charge in [0.2, 0.25) is 10.0 Å². The highest BCUT2D eigenvalue weighted by Gasteiger charge is 2.18. The molecule has 1 heterocycles. The topological polar surface area (TPSA) is 87.2 Å². The second-order valence-corrected chi connectivity index (χ2v) is 7.83. The van der Waals surface area contributed by atoms with Gasteiger partial charge in [-0.25, -0.2) is 18.5 Å². The van der Waals surface area contributed by atoms with E-state index in [9.17, 15) is 8.42 Å². The highest BCUT2D eigenvalue weighted by Crippen LogP contribution is 2.31. The summed E-state index contributed by atoms with van der Waals surface area (Å²) in [4.78, 5) is 4.16. The fourth-order valence-electron chi connectivity index (χ4n) is 2.93. The number of sulfonamides is 1. The third kappa shape index (κ3) is 4.75. The fraction of sp³-hybridized carbons (Fsp3) is 0.250. The number of rotatable bonds is 8. The summed E-state index contributed by atoms with van der Waals surface area (Å²) in [6.45, 7) is 2.10. The molecule has 0 saturated carbocycles. The molecule has 7 heteroatoms. The number of ether oxygens (including phenoxy) is 1. The standard InChI is InChI=1S/C20H23N3O3S/c1-2-3-4-6-18-19(7-5-8-20(18)27(21,24)25)26-17-11-9-16(10-12-17)23-14-13-22-15-23/h5,7-15H,2-4,6H2,1H3,(H2,21,24,25). The molecule has 3 aromatic rings. The first-order valence-corrected chi connectivity index (χ1v) is 10.4. The Bertz CT molecular complexity index is 982. The van der Waals surface area contributed by atoms with Crippen LogP contribution in [0.1, 0.15) is 31.7 Å². The van der Waals surface area contributed by atoms with E-state index in [2.05, 4.69) is 11.9 Å². The molecule has 27 heavy (non-hydrogen) atoms. The van der Waals surface area contributed by atoms with Gasteiger partial charge in [-0.3, -0.25) is 0 Å². The van der Waals surface area contributed by atoms with Crippen LogP contribution in [0.5, 0.6) is 11.5 Å². The van der Waals surface area contributed by atoms with E-state index in [1.807, 2.05) is 35.0 Å². The first-order chi connectivity index (χ1) is 13.0. The number of hydrogen-bond donors (Lipinski definition) is 1. The maximum absolute atomic E-state index is 12.0. The van der Waals surface area contributed by atoms with Gasteiger partial charge in [-0.1, -0.05) is 25.8 Å². The molecule has 2 aromatic carbocycles. The zero-order valence-corrected chi connectivity index (χ0v) is 16.0. The van der Waals surface area contributed by atoms with Crippen LogP contribution in [-0.2, 0) is 16.4 Å². The van der Waals surface area contributed by atoms with E-state index in [4.69, 9.17) is 9.88 Å². The van der Waals surface area contributed by atoms with Crippen molar-refractivity contribution in [3.63, 3.8) is 0 Å². The van der Waals surface area contributed by atoms with Gasteiger partial charge in [0.25, 0.3) is 0 Å². The third-order valence-corrected chi connectivity index (χ3v) is 5.29. The second-order valence-electron chi connectivity index (χ2n) is 6.30. The lowest BCUT2D eigenvalue weighted by Gasteiger charge is -2.15. The summed E-state index contributed by atoms with van der Waals surface area (Å²) < 4.78 is 31.9. The number of unbranched alkanes of at least 4 members (excludes halogenated alkanes) is 2. The van der Waals surface area contributed by atoms with Gasteiger partial charge in [0, 0.05) is 23.6 Å². The highest BCUT2D eigenvalue weighted by molar-refractivity contribution is 7.89. The average molecular weight is 385 g/mol. The van der Waals surface area contributed by atoms with E-state index in [1.54, 1.807) is 24.7 Å². The zero-order valence-electron chi connectivity index (χ0n) is 15.2. The van der Waals surface area contributed by atoms with E-state index in [0.717, 1.165) is 24.9 Å². The molecule has 0 spiro atoms. The summed E-state index contributed by atoms with van der Waals surface area (Å²) in [5, 5.41) is 5.41. The minimum Gasteiger partial charge on any atom is -0.457 e. The minimum absolute atomic E-state index is 0.131. The molecule has 1 aromatic heterocycles. The number of imidazole rings is 1. The van der Waals surface area contributed by atoms with Gasteiger partial charge in [0.05, 0.1) is 11.2 Å². The first kappa shape index (κ1) is 19.1. The van der Waals surface area contributed by atoms with Crippen molar-refractivity contribution >= 4 is 10.0 Å². The molecule has 0 fully saturated rings. The molecule has 2 N–H and O–H groups in total. The molecule has 0 amide bonds. The van der Waals surface area contributed by atoms with E-state index < -0.39 is 10.0 Å². The predicted octanol–water partition coefficient (Wildman–Crippen LogP) is 4.04. The van der Waals surface area contributed by atoms with Crippen LogP contribution >= 0.6 is 0 Å². The Morgan fingerprint density at radius 3 is 2.52 bits per heavy atom. The van der Waals surface area contributed by atoms with Gasteiger partial charge in [-0.05, 0) is 49.2 Å². The van der Waals surface area contributed by atoms with Crippen molar-refractivity contribution in [3.05, 3.63) is 66.7 Å². The summed E-state index contributed by atoms with van der Waals surface area (Å²) in [7, 11) is -3.81. The smallest absolute Gasteiger partial charge is 0.238 e. The lowest BCUT2D eigenvalue weighted by Crippen LogP contribution is -2.15. The van der Waals surface area contributed by atoms with Crippen LogP contribution < -0.4 is 9.88 Å². The Hall–Kier alpha value is -2.64. The second kappa shape index (κ2) is 8.37. The maximum atomic E-state index is 12.0. The Morgan fingerprint density at radius 1 is 1.11 bits per heavy atom. The summed E-state index contributed by atoms with van der Waals surface area (Å²) >= 11 is 0. The number of nitrogens with zero attached hydrogens (tertiary/aromatic N) is 2. The van der Waals surface area contributed by atoms with Gasteiger partial charge >= 0.3 is 0 Å². The maximum Gasteiger partial charge on any atom is 0.238 e. The minimum atomic E-state index is -3.81. The van der Waals surface area contributed by atoms with E-state index in [0.29, 0.717) is 23.5 Å². The first-order valence-electron chi connectivity index (χ1n) is 8.90. The molecular formula is C20H23N3O3S. The summed E-state index contributed by atoms with van der Waals surface area (Å²) in [6, 6.07) is 12.5. The monoisotopic (exact) mass is 385 g/mol. The van der Waals surface area contributed by atoms with Gasteiger partial charge in [0.1, 0.15) is 11.5 Å². The zero-order chi connectivity index (χ0) is 19.3. The summed E-state index contributed by atoms with van der Waals surface area (Å²) in [6.07, 6.45) is 8.82. The molecule has 0 unspecified atom stereocenters. The van der Waals surface area contributed by atoms with Gasteiger partial charge < -0.3 is 9.30 Å². The summed E-state index contributed by atoms with van der Waals surface area (Å²) in [5.41, 5.74) is 1.59. The Balaban J connectivity index is 1.89. The molecule has 0 bridgehead atoms. The SMILES string of the molecule is CCCCCc1c(Oc2ccc(-n3ccnc3)cc2)cccc1S(N)(=O)=O. The molecule has 142 valence electrons. The normalized spacial score (nSPS) is 11.5. The number of aromatic nitrogens is 2. The molecule has 0 aliphatic rings. The quantitative estimate of drug-likeness (QED) is 0.593. The van der Waals surface area contributed by atoms with Crippen molar-refractivity contribution in [2.75, 3.05) is 0 Å². The summed E-state index contributed by atoms with van der Waals surface area (Å²) in [5.74, 6) is 1.15. The molecule has 0 radical (unpaired) electrons. The number of hydrogen-bond acceptors (Lipinski definition) is 4. The van der Waals surface area contributed by atoms with Crippen molar-refractivity contribution < 1.29 is 13.2 Å². The van der Waals surface area contributed by atoms with E-state index >= 15 is 0 Å². The molecule has 0 saturated heterocycles. The number of benzene rings is 2. The molecular weight excluding hydrogens is 362 g/mol. The predicted molar refractivity (Wildman–Crippen MR) is 105 cm³/mol. The molecule has 0 aliphatic heterocycles. The Kier molecular flexibility index (Phi) is 5.93. The van der Waals surface area contributed by atoms with Gasteiger partial charge in [-0.15, -0.1) is 0 Å². The molecule has 3 rings (SSSR count). The Labute approximate surface area is 159 Å². The number of nitrogens with two attached hydrogens (primary N) is 1. The van der Waals surface area contributed by atoms with Gasteiger partial charge in [-0.2, -0.15) is 0 Å². The molecule has 6 nitrogen and oxygen atoms in total. The van der Waals surface area contributed by atoms with Crippen LogP contribution in [0.15, 0.2) is 66.1 Å². The van der Waals surface area contributed by atoms with E-state index in [-0.39, 0.29) is 4.90 Å². The van der Waals surface area contributed by atoms with Crippen LogP contribution in [0, 0.1) is 0 Å². The Morgan fingerprint density at radius 2 is 1.89 bits per heavy atom. The van der Waals surface area contributed by atoms with Crippen LogP contribution in [-0.4, -0.2) is 18.0 Å². The van der Waals surface area contributed by atoms with Gasteiger partial charge in [0.15, 0.2) is 0 Å². The average Bonchev–Trinajstić information content (AvgIpc) is 3.17. The van der Waals surface area contributed by atoms with Crippen LogP contribution in [0.4, 0.5) is 0 Å². The van der Waals surface area contributed by atoms with Crippen molar-refractivity contribution in [2.45, 2.75) is 37.5 Å². The number of primary sulfonamides is 1. The van der Waals surface area contributed by atoms with Crippen molar-refractivity contribution in [1.82, 2.24) is 9.55 Å².